The molecule has 2 nitrogen and oxygen atoms in total. The average Bonchev–Trinajstić information content (AvgIpc) is 2.62. The van der Waals surface area contributed by atoms with Gasteiger partial charge in [-0.25, -0.2) is 0 Å². The van der Waals surface area contributed by atoms with Crippen LogP contribution in [0.2, 0.25) is 0 Å². The van der Waals surface area contributed by atoms with Gasteiger partial charge in [0.2, 0.25) is 5.91 Å². The van der Waals surface area contributed by atoms with Gasteiger partial charge in [-0.3, -0.25) is 4.79 Å². The van der Waals surface area contributed by atoms with Gasteiger partial charge in [-0.05, 0) is 19.3 Å². The van der Waals surface area contributed by atoms with Crippen molar-refractivity contribution in [1.29, 1.82) is 0 Å². The summed E-state index contributed by atoms with van der Waals surface area (Å²) < 4.78 is 0. The molecule has 2 heteroatoms. The lowest BCUT2D eigenvalue weighted by Crippen LogP contribution is -2.56. The first kappa shape index (κ1) is 8.09. The first-order chi connectivity index (χ1) is 5.46. The largest absolute Gasteiger partial charge is 0.336 e. The molecule has 0 bridgehead atoms. The molecule has 0 aromatic carbocycles. The van der Waals surface area contributed by atoms with Crippen molar-refractivity contribution < 1.29 is 4.79 Å². The number of carbonyl (C=O) groups excluding carboxylic acids is 1. The minimum atomic E-state index is -0.185. The molecule has 0 unspecified atom stereocenters. The van der Waals surface area contributed by atoms with Gasteiger partial charge in [0.25, 0.3) is 0 Å². The molecule has 12 heavy (non-hydrogen) atoms. The quantitative estimate of drug-likeness (QED) is 0.538. The molecule has 2 aliphatic rings. The highest BCUT2D eigenvalue weighted by atomic mass is 16.2. The molecule has 1 heterocycles. The number of rotatable bonds is 0. The molecule has 0 radical (unpaired) electrons. The topological polar surface area (TPSA) is 20.3 Å². The van der Waals surface area contributed by atoms with E-state index in [0.717, 1.165) is 6.54 Å². The summed E-state index contributed by atoms with van der Waals surface area (Å²) in [5.74, 6) is 0.339. The summed E-state index contributed by atoms with van der Waals surface area (Å²) in [5.41, 5.74) is 0.167. The molecule has 2 rings (SSSR count). The van der Waals surface area contributed by atoms with E-state index in [2.05, 4.69) is 4.90 Å². The SMILES string of the molecule is CC(C)(C)C(=O)N1CCC12CC2. The van der Waals surface area contributed by atoms with Gasteiger partial charge in [-0.1, -0.05) is 20.8 Å². The van der Waals surface area contributed by atoms with Gasteiger partial charge in [0.15, 0.2) is 0 Å². The Hall–Kier alpha value is -0.530. The van der Waals surface area contributed by atoms with E-state index in [9.17, 15) is 4.79 Å². The Balaban J connectivity index is 2.06. The maximum absolute atomic E-state index is 11.8. The fraction of sp³-hybridized carbons (Fsp3) is 0.900. The van der Waals surface area contributed by atoms with Crippen LogP contribution >= 0.6 is 0 Å². The zero-order valence-electron chi connectivity index (χ0n) is 8.18. The Morgan fingerprint density at radius 3 is 2.08 bits per heavy atom. The van der Waals surface area contributed by atoms with Crippen molar-refractivity contribution >= 4 is 5.91 Å². The first-order valence-corrected chi connectivity index (χ1v) is 4.78. The number of carbonyl (C=O) groups is 1. The highest BCUT2D eigenvalue weighted by Gasteiger charge is 2.57. The van der Waals surface area contributed by atoms with Gasteiger partial charge >= 0.3 is 0 Å². The zero-order chi connectivity index (χ0) is 8.98. The van der Waals surface area contributed by atoms with E-state index in [1.165, 1.54) is 19.3 Å². The van der Waals surface area contributed by atoms with E-state index < -0.39 is 0 Å². The summed E-state index contributed by atoms with van der Waals surface area (Å²) in [6.45, 7) is 7.01. The Morgan fingerprint density at radius 1 is 1.25 bits per heavy atom. The molecule has 68 valence electrons. The normalized spacial score (nSPS) is 25.4. The summed E-state index contributed by atoms with van der Waals surface area (Å²) in [6, 6.07) is 0. The van der Waals surface area contributed by atoms with Crippen LogP contribution in [-0.4, -0.2) is 22.9 Å². The van der Waals surface area contributed by atoms with Crippen LogP contribution in [0.15, 0.2) is 0 Å². The van der Waals surface area contributed by atoms with E-state index in [-0.39, 0.29) is 5.41 Å². The van der Waals surface area contributed by atoms with E-state index in [0.29, 0.717) is 11.4 Å². The molecule has 0 aromatic rings. The third-order valence-electron chi connectivity index (χ3n) is 3.09. The molecule has 0 aromatic heterocycles. The number of hydrogen-bond donors (Lipinski definition) is 0. The van der Waals surface area contributed by atoms with Crippen LogP contribution in [0.3, 0.4) is 0 Å². The Bertz CT molecular complexity index is 222. The molecule has 1 saturated heterocycles. The minimum Gasteiger partial charge on any atom is -0.336 e. The van der Waals surface area contributed by atoms with Crippen molar-refractivity contribution in [3.05, 3.63) is 0 Å². The predicted octanol–water partition coefficient (Wildman–Crippen LogP) is 1.80. The van der Waals surface area contributed by atoms with Crippen molar-refractivity contribution in [3.63, 3.8) is 0 Å². The summed E-state index contributed by atoms with van der Waals surface area (Å²) >= 11 is 0. The highest BCUT2D eigenvalue weighted by Crippen LogP contribution is 2.52. The fourth-order valence-corrected chi connectivity index (χ4v) is 1.93. The molecule has 2 fully saturated rings. The van der Waals surface area contributed by atoms with Crippen LogP contribution in [0.5, 0.6) is 0 Å². The average molecular weight is 167 g/mol. The number of likely N-dealkylation sites (tertiary alicyclic amines) is 1. The van der Waals surface area contributed by atoms with Gasteiger partial charge in [0, 0.05) is 17.5 Å². The van der Waals surface area contributed by atoms with Crippen LogP contribution < -0.4 is 0 Å². The van der Waals surface area contributed by atoms with Crippen LogP contribution in [0.4, 0.5) is 0 Å². The third-order valence-corrected chi connectivity index (χ3v) is 3.09. The Labute approximate surface area is 73.9 Å². The number of amides is 1. The molecule has 1 aliphatic heterocycles. The molecule has 1 amide bonds. The van der Waals surface area contributed by atoms with Gasteiger partial charge in [0.05, 0.1) is 0 Å². The summed E-state index contributed by atoms with van der Waals surface area (Å²) in [4.78, 5) is 13.9. The lowest BCUT2D eigenvalue weighted by molar-refractivity contribution is -0.149. The molecule has 1 aliphatic carbocycles. The molecule has 0 atom stereocenters. The zero-order valence-corrected chi connectivity index (χ0v) is 8.18. The molecular weight excluding hydrogens is 150 g/mol. The van der Waals surface area contributed by atoms with Crippen LogP contribution in [0, 0.1) is 5.41 Å². The lowest BCUT2D eigenvalue weighted by Gasteiger charge is -2.45. The van der Waals surface area contributed by atoms with Crippen molar-refractivity contribution in [2.75, 3.05) is 6.54 Å². The Morgan fingerprint density at radius 2 is 1.83 bits per heavy atom. The van der Waals surface area contributed by atoms with Crippen molar-refractivity contribution in [3.8, 4) is 0 Å². The monoisotopic (exact) mass is 167 g/mol. The predicted molar refractivity (Wildman–Crippen MR) is 47.8 cm³/mol. The molecule has 0 N–H and O–H groups in total. The van der Waals surface area contributed by atoms with Crippen LogP contribution in [0.1, 0.15) is 40.0 Å². The van der Waals surface area contributed by atoms with Gasteiger partial charge < -0.3 is 4.90 Å². The molecule has 1 saturated carbocycles. The second kappa shape index (κ2) is 2.04. The fourth-order valence-electron chi connectivity index (χ4n) is 1.93. The maximum atomic E-state index is 11.8. The van der Waals surface area contributed by atoms with E-state index in [1.54, 1.807) is 0 Å². The summed E-state index contributed by atoms with van der Waals surface area (Å²) in [7, 11) is 0. The minimum absolute atomic E-state index is 0.185. The van der Waals surface area contributed by atoms with Crippen molar-refractivity contribution in [1.82, 2.24) is 4.90 Å². The summed E-state index contributed by atoms with van der Waals surface area (Å²) in [6.07, 6.45) is 3.73. The number of hydrogen-bond acceptors (Lipinski definition) is 1. The van der Waals surface area contributed by atoms with Crippen molar-refractivity contribution in [2.24, 2.45) is 5.41 Å². The number of nitrogens with zero attached hydrogens (tertiary/aromatic N) is 1. The van der Waals surface area contributed by atoms with Gasteiger partial charge in [0.1, 0.15) is 0 Å². The van der Waals surface area contributed by atoms with Crippen LogP contribution in [0.25, 0.3) is 0 Å². The van der Waals surface area contributed by atoms with E-state index >= 15 is 0 Å². The first-order valence-electron chi connectivity index (χ1n) is 4.78. The smallest absolute Gasteiger partial charge is 0.228 e. The highest BCUT2D eigenvalue weighted by molar-refractivity contribution is 5.83. The Kier molecular flexibility index (Phi) is 1.37. The van der Waals surface area contributed by atoms with E-state index in [1.807, 2.05) is 20.8 Å². The van der Waals surface area contributed by atoms with Gasteiger partial charge in [-0.2, -0.15) is 0 Å². The molecular formula is C10H17NO. The maximum Gasteiger partial charge on any atom is 0.228 e. The lowest BCUT2D eigenvalue weighted by atomic mass is 9.89. The second-order valence-electron chi connectivity index (χ2n) is 5.18. The third kappa shape index (κ3) is 0.970. The van der Waals surface area contributed by atoms with Crippen LogP contribution in [-0.2, 0) is 4.79 Å². The van der Waals surface area contributed by atoms with E-state index in [4.69, 9.17) is 0 Å². The summed E-state index contributed by atoms with van der Waals surface area (Å²) in [5, 5.41) is 0. The standard InChI is InChI=1S/C10H17NO/c1-9(2,3)8(12)11-7-6-10(11)4-5-10/h4-7H2,1-3H3. The molecule has 1 spiro atoms. The van der Waals surface area contributed by atoms with Gasteiger partial charge in [-0.15, -0.1) is 0 Å². The van der Waals surface area contributed by atoms with Crippen molar-refractivity contribution in [2.45, 2.75) is 45.6 Å². The second-order valence-corrected chi connectivity index (χ2v) is 5.18.